The summed E-state index contributed by atoms with van der Waals surface area (Å²) in [5, 5.41) is 0. The van der Waals surface area contributed by atoms with Gasteiger partial charge in [0.05, 0.1) is 0 Å². The molecule has 1 heterocycles. The number of nitrogens with zero attached hydrogens (tertiary/aromatic N) is 1. The Morgan fingerprint density at radius 2 is 0.591 bits per heavy atom. The predicted octanol–water partition coefficient (Wildman–Crippen LogP) is 10.8. The second-order valence-corrected chi connectivity index (χ2v) is 14.7. The standard InChI is InChI=1S/C24BF20.C20H28N/c26-5-1(6(27)14(35)21(42)13(5)34)25(2-7(28)15(36)22(43)16(37)8(2)29,3-9(30)17(38)23(44)18(39)10(3)31)4-11(32)19(40)24(45)20(41)12(4)33;1-2-3-4-5-6-8-11-19-14-16-21(17-15-19)18-20-12-9-7-10-13-20/h;7,9-10,12-17H,2-6,8,11,18H2,1H3/q-1;+1. The fourth-order valence-electron chi connectivity index (χ4n) is 7.54. The number of hydrogen-bond acceptors (Lipinski definition) is 0. The van der Waals surface area contributed by atoms with E-state index in [2.05, 4.69) is 66.3 Å². The lowest BCUT2D eigenvalue weighted by atomic mass is 9.12. The monoisotopic (exact) mass is 961 g/mol. The van der Waals surface area contributed by atoms with Crippen molar-refractivity contribution >= 4 is 28.0 Å². The molecular weight excluding hydrogens is 933 g/mol. The molecule has 0 aliphatic rings. The molecule has 0 N–H and O–H groups in total. The molecule has 0 aliphatic heterocycles. The lowest BCUT2D eigenvalue weighted by Crippen LogP contribution is -2.81. The van der Waals surface area contributed by atoms with Gasteiger partial charge in [0.15, 0.2) is 88.7 Å². The van der Waals surface area contributed by atoms with Gasteiger partial charge in [-0.25, -0.2) is 92.4 Å². The summed E-state index contributed by atoms with van der Waals surface area (Å²) in [6.07, 6.45) is 6.65. The third-order valence-electron chi connectivity index (χ3n) is 10.7. The average molecular weight is 961 g/mol. The van der Waals surface area contributed by atoms with Crippen molar-refractivity contribution in [2.75, 3.05) is 0 Å². The first-order chi connectivity index (χ1) is 31.1. The highest BCUT2D eigenvalue weighted by Gasteiger charge is 2.52. The van der Waals surface area contributed by atoms with E-state index >= 15 is 35.1 Å². The summed E-state index contributed by atoms with van der Waals surface area (Å²) in [6.45, 7) is 3.23. The van der Waals surface area contributed by atoms with E-state index in [-0.39, 0.29) is 0 Å². The van der Waals surface area contributed by atoms with Crippen molar-refractivity contribution in [2.24, 2.45) is 0 Å². The minimum atomic E-state index is -7.22. The molecule has 1 nitrogen and oxygen atoms in total. The first kappa shape index (κ1) is 50.9. The van der Waals surface area contributed by atoms with Crippen LogP contribution >= 0.6 is 0 Å². The number of unbranched alkanes of at least 4 members (excludes halogenated alkanes) is 5. The molecule has 66 heavy (non-hydrogen) atoms. The second-order valence-electron chi connectivity index (χ2n) is 14.7. The van der Waals surface area contributed by atoms with Gasteiger partial charge < -0.3 is 0 Å². The zero-order chi connectivity index (χ0) is 49.1. The van der Waals surface area contributed by atoms with Crippen molar-refractivity contribution in [1.82, 2.24) is 0 Å². The molecule has 5 aromatic carbocycles. The summed E-state index contributed by atoms with van der Waals surface area (Å²) in [4.78, 5) is 0. The second kappa shape index (κ2) is 20.6. The van der Waals surface area contributed by atoms with Gasteiger partial charge in [-0.05, 0) is 18.4 Å². The van der Waals surface area contributed by atoms with Gasteiger partial charge in [0, 0.05) is 17.7 Å². The summed E-state index contributed by atoms with van der Waals surface area (Å²) < 4.78 is 296. The summed E-state index contributed by atoms with van der Waals surface area (Å²) in [6, 6.07) is 15.2. The van der Waals surface area contributed by atoms with E-state index < -0.39 is 144 Å². The molecule has 6 rings (SSSR count). The highest BCUT2D eigenvalue weighted by molar-refractivity contribution is 7.20. The van der Waals surface area contributed by atoms with E-state index in [0.717, 1.165) is 6.54 Å². The highest BCUT2D eigenvalue weighted by atomic mass is 19.2. The van der Waals surface area contributed by atoms with Gasteiger partial charge in [-0.1, -0.05) is 69.4 Å². The molecule has 0 spiro atoms. The molecule has 0 atom stereocenters. The van der Waals surface area contributed by atoms with Crippen LogP contribution in [0.2, 0.25) is 0 Å². The molecule has 0 saturated heterocycles. The normalized spacial score (nSPS) is 11.6. The zero-order valence-corrected chi connectivity index (χ0v) is 33.4. The van der Waals surface area contributed by atoms with Gasteiger partial charge in [0.1, 0.15) is 52.7 Å². The zero-order valence-electron chi connectivity index (χ0n) is 33.4. The van der Waals surface area contributed by atoms with Gasteiger partial charge in [0.25, 0.3) is 0 Å². The Kier molecular flexibility index (Phi) is 15.9. The quantitative estimate of drug-likeness (QED) is 0.0271. The van der Waals surface area contributed by atoms with Crippen molar-refractivity contribution < 1.29 is 92.4 Å². The van der Waals surface area contributed by atoms with Gasteiger partial charge in [-0.15, -0.1) is 21.9 Å². The number of benzene rings is 5. The molecule has 0 amide bonds. The molecule has 0 radical (unpaired) electrons. The summed E-state index contributed by atoms with van der Waals surface area (Å²) in [5.74, 6) is -71.4. The molecule has 0 aliphatic carbocycles. The number of aryl methyl sites for hydroxylation is 1. The molecule has 0 bridgehead atoms. The van der Waals surface area contributed by atoms with Gasteiger partial charge in [-0.3, -0.25) is 0 Å². The lowest BCUT2D eigenvalue weighted by Gasteiger charge is -2.44. The number of rotatable bonds is 13. The predicted molar refractivity (Wildman–Crippen MR) is 198 cm³/mol. The van der Waals surface area contributed by atoms with E-state index in [9.17, 15) is 52.7 Å². The van der Waals surface area contributed by atoms with Crippen molar-refractivity contribution in [2.45, 2.75) is 58.4 Å². The fourth-order valence-corrected chi connectivity index (χ4v) is 7.54. The van der Waals surface area contributed by atoms with Crippen LogP contribution in [0.25, 0.3) is 0 Å². The number of aromatic nitrogens is 1. The minimum absolute atomic E-state index is 0.956. The molecule has 22 heteroatoms. The Bertz CT molecular complexity index is 2380. The van der Waals surface area contributed by atoms with E-state index in [4.69, 9.17) is 0 Å². The van der Waals surface area contributed by atoms with Crippen molar-refractivity contribution in [3.8, 4) is 0 Å². The fraction of sp³-hybridized carbons (Fsp3) is 0.205. The van der Waals surface area contributed by atoms with Gasteiger partial charge in [-0.2, -0.15) is 0 Å². The van der Waals surface area contributed by atoms with E-state index in [1.807, 2.05) is 0 Å². The Balaban J connectivity index is 0.000000324. The largest absolute Gasteiger partial charge is 0.207 e. The summed E-state index contributed by atoms with van der Waals surface area (Å²) >= 11 is 0. The molecule has 1 aromatic heterocycles. The van der Waals surface area contributed by atoms with E-state index in [1.165, 1.54) is 56.1 Å². The topological polar surface area (TPSA) is 3.88 Å². The van der Waals surface area contributed by atoms with Crippen LogP contribution in [0.15, 0.2) is 54.9 Å². The van der Waals surface area contributed by atoms with Crippen LogP contribution in [-0.4, -0.2) is 6.15 Å². The molecular formula is C44H28BF20N. The van der Waals surface area contributed by atoms with Crippen LogP contribution < -0.4 is 26.4 Å². The molecule has 352 valence electrons. The Labute approximate surface area is 360 Å². The Morgan fingerprint density at radius 1 is 0.318 bits per heavy atom. The Morgan fingerprint density at radius 3 is 0.894 bits per heavy atom. The first-order valence-corrected chi connectivity index (χ1v) is 19.3. The highest BCUT2D eigenvalue weighted by Crippen LogP contribution is 2.31. The van der Waals surface area contributed by atoms with Crippen molar-refractivity contribution in [3.63, 3.8) is 0 Å². The third kappa shape index (κ3) is 9.06. The van der Waals surface area contributed by atoms with Crippen LogP contribution in [0.4, 0.5) is 87.8 Å². The summed E-state index contributed by atoms with van der Waals surface area (Å²) in [7, 11) is 0. The molecule has 0 unspecified atom stereocenters. The van der Waals surface area contributed by atoms with Gasteiger partial charge in [0.2, 0.25) is 0 Å². The minimum Gasteiger partial charge on any atom is -0.207 e. The van der Waals surface area contributed by atoms with E-state index in [0.29, 0.717) is 0 Å². The van der Waals surface area contributed by atoms with E-state index in [1.54, 1.807) is 0 Å². The van der Waals surface area contributed by atoms with Crippen molar-refractivity contribution in [3.05, 3.63) is 182 Å². The summed E-state index contributed by atoms with van der Waals surface area (Å²) in [5.41, 5.74) is -11.5. The molecule has 6 aromatic rings. The molecule has 0 fully saturated rings. The van der Waals surface area contributed by atoms with Crippen LogP contribution in [0.3, 0.4) is 0 Å². The smallest absolute Gasteiger partial charge is 0.200 e. The van der Waals surface area contributed by atoms with Crippen LogP contribution in [0.1, 0.15) is 56.6 Å². The average Bonchev–Trinajstić information content (AvgIpc) is 3.31. The molecule has 0 saturated carbocycles. The van der Waals surface area contributed by atoms with Crippen LogP contribution in [0.5, 0.6) is 0 Å². The van der Waals surface area contributed by atoms with Crippen molar-refractivity contribution in [1.29, 1.82) is 0 Å². The maximum Gasteiger partial charge on any atom is 0.200 e. The maximum atomic E-state index is 15.4. The van der Waals surface area contributed by atoms with Crippen LogP contribution in [-0.2, 0) is 13.0 Å². The number of pyridine rings is 1. The lowest BCUT2D eigenvalue weighted by molar-refractivity contribution is -0.688. The van der Waals surface area contributed by atoms with Gasteiger partial charge >= 0.3 is 0 Å². The van der Waals surface area contributed by atoms with Crippen LogP contribution in [0, 0.1) is 116 Å². The maximum absolute atomic E-state index is 15.4. The number of halogens is 20. The Hall–Kier alpha value is -6.09. The SMILES string of the molecule is CCCCCCCCc1cc[n+](Cc2ccccc2)cc1.Fc1c(F)c(F)c([B-](c2c(F)c(F)c(F)c(F)c2F)(c2c(F)c(F)c(F)c(F)c2F)c2c(F)c(F)c(F)c(F)c2F)c(F)c1F. The number of hydrogen-bond donors (Lipinski definition) is 0. The third-order valence-corrected chi connectivity index (χ3v) is 10.7. The first-order valence-electron chi connectivity index (χ1n) is 19.3.